The molecular formula is C17H24N2O3. The minimum atomic E-state index is -0.276. The zero-order valence-electron chi connectivity index (χ0n) is 13.7. The Morgan fingerprint density at radius 2 is 2.05 bits per heavy atom. The number of nitrogens with one attached hydrogen (secondary N) is 1. The highest BCUT2D eigenvalue weighted by Crippen LogP contribution is 2.26. The van der Waals surface area contributed by atoms with E-state index in [-0.39, 0.29) is 29.7 Å². The molecule has 1 atom stereocenters. The Hall–Kier alpha value is -2.04. The van der Waals surface area contributed by atoms with Gasteiger partial charge in [-0.3, -0.25) is 9.59 Å². The third-order valence-corrected chi connectivity index (χ3v) is 3.95. The van der Waals surface area contributed by atoms with E-state index in [9.17, 15) is 9.59 Å². The summed E-state index contributed by atoms with van der Waals surface area (Å²) in [4.78, 5) is 26.1. The van der Waals surface area contributed by atoms with Crippen molar-refractivity contribution in [3.63, 3.8) is 0 Å². The number of hydrogen-bond donors (Lipinski definition) is 1. The van der Waals surface area contributed by atoms with Gasteiger partial charge in [-0.2, -0.15) is 0 Å². The highest BCUT2D eigenvalue weighted by Gasteiger charge is 2.39. The van der Waals surface area contributed by atoms with Crippen LogP contribution in [0.3, 0.4) is 0 Å². The first-order valence-electron chi connectivity index (χ1n) is 7.53. The first kappa shape index (κ1) is 16.3. The number of likely N-dealkylation sites (tertiary alicyclic amines) is 1. The molecule has 22 heavy (non-hydrogen) atoms. The van der Waals surface area contributed by atoms with E-state index in [2.05, 4.69) is 5.32 Å². The van der Waals surface area contributed by atoms with Crippen molar-refractivity contribution >= 4 is 11.8 Å². The number of para-hydroxylation sites is 1. The Labute approximate surface area is 131 Å². The summed E-state index contributed by atoms with van der Waals surface area (Å²) in [7, 11) is 1.61. The minimum absolute atomic E-state index is 0.0462. The number of carbonyl (C=O) groups is 2. The number of nitrogens with zero attached hydrogens (tertiary/aromatic N) is 1. The first-order chi connectivity index (χ1) is 10.3. The van der Waals surface area contributed by atoms with Gasteiger partial charge in [0.15, 0.2) is 0 Å². The van der Waals surface area contributed by atoms with E-state index in [1.807, 2.05) is 45.0 Å². The second kappa shape index (κ2) is 6.38. The van der Waals surface area contributed by atoms with Crippen LogP contribution < -0.4 is 10.1 Å². The van der Waals surface area contributed by atoms with Gasteiger partial charge in [0, 0.05) is 30.6 Å². The molecule has 0 aliphatic carbocycles. The maximum Gasteiger partial charge on any atom is 0.225 e. The molecule has 1 fully saturated rings. The van der Waals surface area contributed by atoms with Crippen molar-refractivity contribution in [2.24, 2.45) is 5.92 Å². The van der Waals surface area contributed by atoms with E-state index in [1.165, 1.54) is 0 Å². The van der Waals surface area contributed by atoms with Gasteiger partial charge in [-0.15, -0.1) is 0 Å². The van der Waals surface area contributed by atoms with Crippen LogP contribution in [0, 0.1) is 5.92 Å². The molecule has 2 rings (SSSR count). The fraction of sp³-hybridized carbons (Fsp3) is 0.529. The zero-order chi connectivity index (χ0) is 16.3. The van der Waals surface area contributed by atoms with Crippen molar-refractivity contribution in [3.8, 4) is 5.75 Å². The molecular weight excluding hydrogens is 280 g/mol. The van der Waals surface area contributed by atoms with Crippen LogP contribution in [0.5, 0.6) is 5.75 Å². The van der Waals surface area contributed by atoms with Crippen LogP contribution in [-0.2, 0) is 16.1 Å². The Balaban J connectivity index is 1.95. The Bertz CT molecular complexity index is 563. The van der Waals surface area contributed by atoms with Crippen LogP contribution in [-0.4, -0.2) is 35.9 Å². The summed E-state index contributed by atoms with van der Waals surface area (Å²) in [5.41, 5.74) is 0.685. The van der Waals surface area contributed by atoms with Gasteiger partial charge in [0.25, 0.3) is 0 Å². The van der Waals surface area contributed by atoms with Gasteiger partial charge in [0.2, 0.25) is 11.8 Å². The highest BCUT2D eigenvalue weighted by molar-refractivity contribution is 5.89. The van der Waals surface area contributed by atoms with Gasteiger partial charge >= 0.3 is 0 Å². The van der Waals surface area contributed by atoms with Gasteiger partial charge < -0.3 is 15.0 Å². The van der Waals surface area contributed by atoms with E-state index in [0.717, 1.165) is 11.3 Å². The number of rotatable bonds is 4. The predicted octanol–water partition coefficient (Wildman–Crippen LogP) is 1.96. The maximum atomic E-state index is 12.3. The predicted molar refractivity (Wildman–Crippen MR) is 84.4 cm³/mol. The number of benzene rings is 1. The van der Waals surface area contributed by atoms with Crippen molar-refractivity contribution in [2.45, 2.75) is 39.3 Å². The molecule has 1 aliphatic rings. The van der Waals surface area contributed by atoms with E-state index in [1.54, 1.807) is 12.0 Å². The molecule has 0 spiro atoms. The van der Waals surface area contributed by atoms with E-state index in [4.69, 9.17) is 4.74 Å². The number of amides is 2. The normalized spacial score (nSPS) is 18.5. The SMILES string of the molecule is COc1ccccc1CNC(=O)[C@@H]1CC(=O)N(C(C)(C)C)C1. The fourth-order valence-electron chi connectivity index (χ4n) is 2.71. The van der Waals surface area contributed by atoms with Gasteiger partial charge in [-0.25, -0.2) is 0 Å². The molecule has 0 unspecified atom stereocenters. The molecule has 5 heteroatoms. The number of ether oxygens (including phenoxy) is 1. The zero-order valence-corrected chi connectivity index (χ0v) is 13.7. The maximum absolute atomic E-state index is 12.3. The second-order valence-electron chi connectivity index (χ2n) is 6.61. The highest BCUT2D eigenvalue weighted by atomic mass is 16.5. The molecule has 0 radical (unpaired) electrons. The van der Waals surface area contributed by atoms with Crippen LogP contribution in [0.15, 0.2) is 24.3 Å². The number of hydrogen-bond acceptors (Lipinski definition) is 3. The van der Waals surface area contributed by atoms with Gasteiger partial charge in [0.1, 0.15) is 5.75 Å². The van der Waals surface area contributed by atoms with Gasteiger partial charge in [-0.05, 0) is 26.8 Å². The summed E-state index contributed by atoms with van der Waals surface area (Å²) in [6.45, 7) is 6.85. The number of carbonyl (C=O) groups excluding carboxylic acids is 2. The van der Waals surface area contributed by atoms with Gasteiger partial charge in [0.05, 0.1) is 13.0 Å². The van der Waals surface area contributed by atoms with Crippen molar-refractivity contribution in [1.29, 1.82) is 0 Å². The minimum Gasteiger partial charge on any atom is -0.496 e. The van der Waals surface area contributed by atoms with Crippen LogP contribution in [0.25, 0.3) is 0 Å². The molecule has 1 heterocycles. The molecule has 5 nitrogen and oxygen atoms in total. The van der Waals surface area contributed by atoms with Crippen molar-refractivity contribution in [2.75, 3.05) is 13.7 Å². The lowest BCUT2D eigenvalue weighted by Crippen LogP contribution is -2.43. The quantitative estimate of drug-likeness (QED) is 0.925. The van der Waals surface area contributed by atoms with Crippen molar-refractivity contribution in [3.05, 3.63) is 29.8 Å². The second-order valence-corrected chi connectivity index (χ2v) is 6.61. The third kappa shape index (κ3) is 3.59. The summed E-state index contributed by atoms with van der Waals surface area (Å²) in [6, 6.07) is 7.58. The third-order valence-electron chi connectivity index (χ3n) is 3.95. The monoisotopic (exact) mass is 304 g/mol. The summed E-state index contributed by atoms with van der Waals surface area (Å²) < 4.78 is 5.27. The molecule has 0 aromatic heterocycles. The molecule has 1 aromatic carbocycles. The van der Waals surface area contributed by atoms with Crippen molar-refractivity contribution < 1.29 is 14.3 Å². The molecule has 120 valence electrons. The first-order valence-corrected chi connectivity index (χ1v) is 7.53. The smallest absolute Gasteiger partial charge is 0.225 e. The summed E-state index contributed by atoms with van der Waals surface area (Å²) in [5, 5.41) is 2.91. The average molecular weight is 304 g/mol. The van der Waals surface area contributed by atoms with E-state index >= 15 is 0 Å². The Morgan fingerprint density at radius 1 is 1.36 bits per heavy atom. The molecule has 1 saturated heterocycles. The largest absolute Gasteiger partial charge is 0.496 e. The lowest BCUT2D eigenvalue weighted by atomic mass is 10.1. The molecule has 1 N–H and O–H groups in total. The summed E-state index contributed by atoms with van der Waals surface area (Å²) in [6.07, 6.45) is 0.287. The molecule has 0 bridgehead atoms. The van der Waals surface area contributed by atoms with Gasteiger partial charge in [-0.1, -0.05) is 18.2 Å². The Kier molecular flexibility index (Phi) is 4.74. The summed E-state index contributed by atoms with van der Waals surface area (Å²) >= 11 is 0. The topological polar surface area (TPSA) is 58.6 Å². The fourth-order valence-corrected chi connectivity index (χ4v) is 2.71. The molecule has 0 saturated carbocycles. The average Bonchev–Trinajstić information content (AvgIpc) is 2.87. The van der Waals surface area contributed by atoms with Crippen LogP contribution >= 0.6 is 0 Å². The molecule has 1 aromatic rings. The summed E-state index contributed by atoms with van der Waals surface area (Å²) in [5.74, 6) is 0.444. The van der Waals surface area contributed by atoms with Crippen LogP contribution in [0.1, 0.15) is 32.8 Å². The number of methoxy groups -OCH3 is 1. The van der Waals surface area contributed by atoms with E-state index < -0.39 is 0 Å². The van der Waals surface area contributed by atoms with Crippen LogP contribution in [0.4, 0.5) is 0 Å². The Morgan fingerprint density at radius 3 is 2.64 bits per heavy atom. The van der Waals surface area contributed by atoms with Crippen molar-refractivity contribution in [1.82, 2.24) is 10.2 Å². The molecule has 1 aliphatic heterocycles. The standard InChI is InChI=1S/C17H24N2O3/c1-17(2,3)19-11-13(9-15(19)20)16(21)18-10-12-7-5-6-8-14(12)22-4/h5-8,13H,9-11H2,1-4H3,(H,18,21)/t13-/m1/s1. The lowest BCUT2D eigenvalue weighted by Gasteiger charge is -2.31. The van der Waals surface area contributed by atoms with E-state index in [0.29, 0.717) is 13.1 Å². The lowest BCUT2D eigenvalue weighted by molar-refractivity contribution is -0.132. The molecule has 2 amide bonds. The van der Waals surface area contributed by atoms with Crippen LogP contribution in [0.2, 0.25) is 0 Å².